The molecule has 2 amide bonds. The Morgan fingerprint density at radius 2 is 1.71 bits per heavy atom. The zero-order valence-corrected chi connectivity index (χ0v) is 16.3. The second-order valence-corrected chi connectivity index (χ2v) is 6.36. The maximum absolute atomic E-state index is 12.2. The highest BCUT2D eigenvalue weighted by atomic mass is 16.5. The molecule has 0 saturated carbocycles. The number of ether oxygens (including phenoxy) is 2. The standard InChI is InChI=1S/C21H24N2O5/c1-13-7-5-8-16(11-13)20(25)22-14(2)21(26)28-15(3)19(24)23-17-9-6-10-18(12-17)27-4/h5-12,14-15H,1-4H3,(H,22,25)(H,23,24)/t14-,15+/m0/s1. The quantitative estimate of drug-likeness (QED) is 0.716. The molecule has 2 N–H and O–H groups in total. The van der Waals surface area contributed by atoms with Gasteiger partial charge in [-0.15, -0.1) is 0 Å². The molecule has 28 heavy (non-hydrogen) atoms. The minimum Gasteiger partial charge on any atom is -0.497 e. The maximum Gasteiger partial charge on any atom is 0.329 e. The number of rotatable bonds is 7. The van der Waals surface area contributed by atoms with Crippen molar-refractivity contribution in [2.75, 3.05) is 12.4 Å². The van der Waals surface area contributed by atoms with Gasteiger partial charge in [-0.1, -0.05) is 23.8 Å². The number of amides is 2. The Labute approximate surface area is 164 Å². The number of esters is 1. The Morgan fingerprint density at radius 3 is 2.39 bits per heavy atom. The minimum absolute atomic E-state index is 0.387. The van der Waals surface area contributed by atoms with Crippen molar-refractivity contribution in [3.05, 3.63) is 59.7 Å². The number of hydrogen-bond donors (Lipinski definition) is 2. The van der Waals surface area contributed by atoms with Crippen molar-refractivity contribution in [1.82, 2.24) is 5.32 Å². The largest absolute Gasteiger partial charge is 0.497 e. The van der Waals surface area contributed by atoms with Crippen LogP contribution in [-0.2, 0) is 14.3 Å². The lowest BCUT2D eigenvalue weighted by atomic mass is 10.1. The van der Waals surface area contributed by atoms with E-state index in [2.05, 4.69) is 10.6 Å². The molecule has 0 radical (unpaired) electrons. The summed E-state index contributed by atoms with van der Waals surface area (Å²) < 4.78 is 10.3. The first-order chi connectivity index (χ1) is 13.3. The van der Waals surface area contributed by atoms with Gasteiger partial charge in [0.05, 0.1) is 7.11 Å². The Hall–Kier alpha value is -3.35. The predicted molar refractivity (Wildman–Crippen MR) is 105 cm³/mol. The lowest BCUT2D eigenvalue weighted by Gasteiger charge is -2.18. The van der Waals surface area contributed by atoms with Crippen molar-refractivity contribution in [3.8, 4) is 5.75 Å². The fraction of sp³-hybridized carbons (Fsp3) is 0.286. The van der Waals surface area contributed by atoms with Crippen LogP contribution in [0.2, 0.25) is 0 Å². The van der Waals surface area contributed by atoms with Crippen LogP contribution in [0.4, 0.5) is 5.69 Å². The highest BCUT2D eigenvalue weighted by molar-refractivity contribution is 5.98. The van der Waals surface area contributed by atoms with Gasteiger partial charge in [0.15, 0.2) is 6.10 Å². The summed E-state index contributed by atoms with van der Waals surface area (Å²) in [5, 5.41) is 5.22. The molecule has 148 valence electrons. The first kappa shape index (κ1) is 21.0. The molecule has 0 saturated heterocycles. The third-order valence-electron chi connectivity index (χ3n) is 3.98. The smallest absolute Gasteiger partial charge is 0.329 e. The predicted octanol–water partition coefficient (Wildman–Crippen LogP) is 2.69. The summed E-state index contributed by atoms with van der Waals surface area (Å²) in [6, 6.07) is 12.9. The average molecular weight is 384 g/mol. The number of benzene rings is 2. The van der Waals surface area contributed by atoms with E-state index < -0.39 is 24.0 Å². The molecule has 0 unspecified atom stereocenters. The average Bonchev–Trinajstić information content (AvgIpc) is 2.67. The molecule has 0 aliphatic rings. The van der Waals surface area contributed by atoms with Crippen LogP contribution >= 0.6 is 0 Å². The van der Waals surface area contributed by atoms with E-state index in [9.17, 15) is 14.4 Å². The van der Waals surface area contributed by atoms with Gasteiger partial charge in [-0.05, 0) is 45.0 Å². The van der Waals surface area contributed by atoms with E-state index in [1.54, 1.807) is 42.5 Å². The number of anilines is 1. The molecule has 2 atom stereocenters. The van der Waals surface area contributed by atoms with Crippen molar-refractivity contribution in [1.29, 1.82) is 0 Å². The second-order valence-electron chi connectivity index (χ2n) is 6.36. The van der Waals surface area contributed by atoms with Crippen LogP contribution in [0.1, 0.15) is 29.8 Å². The Morgan fingerprint density at radius 1 is 1.00 bits per heavy atom. The van der Waals surface area contributed by atoms with Gasteiger partial charge in [0.25, 0.3) is 11.8 Å². The van der Waals surface area contributed by atoms with Crippen molar-refractivity contribution in [2.45, 2.75) is 32.9 Å². The molecular formula is C21H24N2O5. The molecule has 0 heterocycles. The molecule has 2 rings (SSSR count). The summed E-state index contributed by atoms with van der Waals surface area (Å²) >= 11 is 0. The van der Waals surface area contributed by atoms with Gasteiger partial charge >= 0.3 is 5.97 Å². The monoisotopic (exact) mass is 384 g/mol. The fourth-order valence-electron chi connectivity index (χ4n) is 2.40. The van der Waals surface area contributed by atoms with Gasteiger partial charge < -0.3 is 20.1 Å². The van der Waals surface area contributed by atoms with E-state index in [0.29, 0.717) is 17.0 Å². The third-order valence-corrected chi connectivity index (χ3v) is 3.98. The number of aryl methyl sites for hydroxylation is 1. The lowest BCUT2D eigenvalue weighted by Crippen LogP contribution is -2.42. The van der Waals surface area contributed by atoms with E-state index in [1.807, 2.05) is 13.0 Å². The zero-order chi connectivity index (χ0) is 20.7. The van der Waals surface area contributed by atoms with Crippen LogP contribution in [0.15, 0.2) is 48.5 Å². The summed E-state index contributed by atoms with van der Waals surface area (Å²) in [6.07, 6.45) is -1.03. The molecule has 2 aromatic rings. The third kappa shape index (κ3) is 5.84. The van der Waals surface area contributed by atoms with Crippen molar-refractivity contribution >= 4 is 23.5 Å². The molecule has 7 heteroatoms. The van der Waals surface area contributed by atoms with Crippen LogP contribution in [0, 0.1) is 6.92 Å². The first-order valence-electron chi connectivity index (χ1n) is 8.83. The minimum atomic E-state index is -1.03. The normalized spacial score (nSPS) is 12.4. The van der Waals surface area contributed by atoms with Gasteiger partial charge in [0.2, 0.25) is 0 Å². The number of methoxy groups -OCH3 is 1. The van der Waals surface area contributed by atoms with E-state index in [4.69, 9.17) is 9.47 Å². The summed E-state index contributed by atoms with van der Waals surface area (Å²) in [6.45, 7) is 4.84. The Balaban J connectivity index is 1.89. The summed E-state index contributed by atoms with van der Waals surface area (Å²) in [4.78, 5) is 36.7. The van der Waals surface area contributed by atoms with Crippen molar-refractivity contribution < 1.29 is 23.9 Å². The van der Waals surface area contributed by atoms with Crippen molar-refractivity contribution in [2.24, 2.45) is 0 Å². The van der Waals surface area contributed by atoms with Crippen LogP contribution in [0.5, 0.6) is 5.75 Å². The van der Waals surface area contributed by atoms with Crippen LogP contribution in [0.3, 0.4) is 0 Å². The van der Waals surface area contributed by atoms with E-state index in [1.165, 1.54) is 21.0 Å². The second kappa shape index (κ2) is 9.55. The SMILES string of the molecule is COc1cccc(NC(=O)[C@@H](C)OC(=O)[C@H](C)NC(=O)c2cccc(C)c2)c1. The van der Waals surface area contributed by atoms with Crippen LogP contribution in [0.25, 0.3) is 0 Å². The molecule has 0 aliphatic carbocycles. The van der Waals surface area contributed by atoms with Crippen LogP contribution in [-0.4, -0.2) is 37.0 Å². The van der Waals surface area contributed by atoms with Gasteiger partial charge in [0.1, 0.15) is 11.8 Å². The number of nitrogens with one attached hydrogen (secondary N) is 2. The number of carbonyl (C=O) groups is 3. The first-order valence-corrected chi connectivity index (χ1v) is 8.83. The van der Waals surface area contributed by atoms with Gasteiger partial charge in [-0.2, -0.15) is 0 Å². The zero-order valence-electron chi connectivity index (χ0n) is 16.3. The number of carbonyl (C=O) groups excluding carboxylic acids is 3. The highest BCUT2D eigenvalue weighted by Gasteiger charge is 2.23. The summed E-state index contributed by atoms with van der Waals surface area (Å²) in [5.41, 5.74) is 1.90. The van der Waals surface area contributed by atoms with Gasteiger partial charge in [0, 0.05) is 17.3 Å². The van der Waals surface area contributed by atoms with Gasteiger partial charge in [-0.25, -0.2) is 4.79 Å². The molecule has 0 aliphatic heterocycles. The molecule has 0 bridgehead atoms. The van der Waals surface area contributed by atoms with E-state index in [0.717, 1.165) is 5.56 Å². The van der Waals surface area contributed by atoms with Crippen LogP contribution < -0.4 is 15.4 Å². The Bertz CT molecular complexity index is 865. The summed E-state index contributed by atoms with van der Waals surface area (Å²) in [7, 11) is 1.53. The molecular weight excluding hydrogens is 360 g/mol. The lowest BCUT2D eigenvalue weighted by molar-refractivity contribution is -0.154. The topological polar surface area (TPSA) is 93.7 Å². The Kier molecular flexibility index (Phi) is 7.14. The fourth-order valence-corrected chi connectivity index (χ4v) is 2.40. The van der Waals surface area contributed by atoms with Crippen molar-refractivity contribution in [3.63, 3.8) is 0 Å². The number of hydrogen-bond acceptors (Lipinski definition) is 5. The molecule has 0 aromatic heterocycles. The maximum atomic E-state index is 12.2. The molecule has 7 nitrogen and oxygen atoms in total. The van der Waals surface area contributed by atoms with E-state index >= 15 is 0 Å². The van der Waals surface area contributed by atoms with E-state index in [-0.39, 0.29) is 5.91 Å². The molecule has 0 fully saturated rings. The summed E-state index contributed by atoms with van der Waals surface area (Å²) in [5.74, 6) is -0.982. The highest BCUT2D eigenvalue weighted by Crippen LogP contribution is 2.17. The molecule has 2 aromatic carbocycles. The van der Waals surface area contributed by atoms with Gasteiger partial charge in [-0.3, -0.25) is 9.59 Å². The molecule has 0 spiro atoms.